The van der Waals surface area contributed by atoms with Crippen molar-refractivity contribution >= 4 is 11.4 Å². The van der Waals surface area contributed by atoms with Crippen LogP contribution >= 0.6 is 0 Å². The van der Waals surface area contributed by atoms with Gasteiger partial charge >= 0.3 is 0 Å². The normalized spacial score (nSPS) is 10.4. The van der Waals surface area contributed by atoms with Crippen LogP contribution in [0.25, 0.3) is 0 Å². The van der Waals surface area contributed by atoms with Crippen LogP contribution in [0.15, 0.2) is 12.1 Å². The Morgan fingerprint density at radius 3 is 2.81 bits per heavy atom. The molecule has 0 spiro atoms. The van der Waals surface area contributed by atoms with Crippen molar-refractivity contribution in [2.75, 3.05) is 30.8 Å². The standard InChI is InChI=1S/C11H16F2N2O/c1-2-16-5-3-4-15-10-7-8(12)6-9(13)11(10)14/h6-7,15H,2-5,14H2,1H3. The van der Waals surface area contributed by atoms with Gasteiger partial charge in [-0.2, -0.15) is 0 Å². The van der Waals surface area contributed by atoms with Crippen molar-refractivity contribution in [2.24, 2.45) is 0 Å². The van der Waals surface area contributed by atoms with Crippen LogP contribution in [-0.4, -0.2) is 19.8 Å². The second kappa shape index (κ2) is 6.27. The number of ether oxygens (including phenoxy) is 1. The molecule has 0 unspecified atom stereocenters. The van der Waals surface area contributed by atoms with Gasteiger partial charge in [0.05, 0.1) is 11.4 Å². The molecule has 16 heavy (non-hydrogen) atoms. The van der Waals surface area contributed by atoms with Crippen molar-refractivity contribution in [3.63, 3.8) is 0 Å². The van der Waals surface area contributed by atoms with Crippen molar-refractivity contribution in [2.45, 2.75) is 13.3 Å². The second-order valence-electron chi connectivity index (χ2n) is 3.33. The van der Waals surface area contributed by atoms with Crippen molar-refractivity contribution in [1.29, 1.82) is 0 Å². The van der Waals surface area contributed by atoms with Gasteiger partial charge in [-0.3, -0.25) is 0 Å². The molecule has 0 atom stereocenters. The lowest BCUT2D eigenvalue weighted by molar-refractivity contribution is 0.147. The van der Waals surface area contributed by atoms with Gasteiger partial charge in [0.2, 0.25) is 0 Å². The molecule has 0 radical (unpaired) electrons. The van der Waals surface area contributed by atoms with E-state index in [-0.39, 0.29) is 11.4 Å². The lowest BCUT2D eigenvalue weighted by Gasteiger charge is -2.10. The molecule has 0 fully saturated rings. The Labute approximate surface area is 93.6 Å². The molecule has 0 aliphatic carbocycles. The lowest BCUT2D eigenvalue weighted by Crippen LogP contribution is -2.08. The minimum absolute atomic E-state index is 0.0576. The van der Waals surface area contributed by atoms with Gasteiger partial charge < -0.3 is 15.8 Å². The van der Waals surface area contributed by atoms with E-state index in [1.54, 1.807) is 0 Å². The maximum absolute atomic E-state index is 13.0. The van der Waals surface area contributed by atoms with Crippen LogP contribution in [0, 0.1) is 11.6 Å². The highest BCUT2D eigenvalue weighted by molar-refractivity contribution is 5.66. The first-order valence-corrected chi connectivity index (χ1v) is 5.21. The summed E-state index contributed by atoms with van der Waals surface area (Å²) in [5, 5.41) is 2.87. The van der Waals surface area contributed by atoms with Gasteiger partial charge in [0.25, 0.3) is 0 Å². The first-order chi connectivity index (χ1) is 7.65. The van der Waals surface area contributed by atoms with Crippen LogP contribution < -0.4 is 11.1 Å². The van der Waals surface area contributed by atoms with E-state index in [0.717, 1.165) is 12.5 Å². The molecule has 1 aromatic rings. The van der Waals surface area contributed by atoms with Crippen LogP contribution in [0.3, 0.4) is 0 Å². The molecule has 3 N–H and O–H groups in total. The summed E-state index contributed by atoms with van der Waals surface area (Å²) in [5.74, 6) is -1.38. The maximum Gasteiger partial charge on any atom is 0.151 e. The van der Waals surface area contributed by atoms with E-state index in [9.17, 15) is 8.78 Å². The molecular weight excluding hydrogens is 214 g/mol. The molecule has 3 nitrogen and oxygen atoms in total. The molecule has 5 heteroatoms. The summed E-state index contributed by atoms with van der Waals surface area (Å²) in [4.78, 5) is 0. The lowest BCUT2D eigenvalue weighted by atomic mass is 10.2. The Morgan fingerprint density at radius 2 is 2.12 bits per heavy atom. The Hall–Kier alpha value is -1.36. The topological polar surface area (TPSA) is 47.3 Å². The highest BCUT2D eigenvalue weighted by Gasteiger charge is 2.07. The summed E-state index contributed by atoms with van der Waals surface area (Å²) >= 11 is 0. The molecule has 1 rings (SSSR count). The first-order valence-electron chi connectivity index (χ1n) is 5.21. The molecule has 0 aliphatic heterocycles. The summed E-state index contributed by atoms with van der Waals surface area (Å²) in [6, 6.07) is 1.94. The number of rotatable bonds is 6. The monoisotopic (exact) mass is 230 g/mol. The third-order valence-electron chi connectivity index (χ3n) is 2.08. The van der Waals surface area contributed by atoms with Crippen LogP contribution in [0.4, 0.5) is 20.2 Å². The van der Waals surface area contributed by atoms with Crippen molar-refractivity contribution in [3.8, 4) is 0 Å². The number of nitrogens with two attached hydrogens (primary N) is 1. The molecule has 0 heterocycles. The summed E-state index contributed by atoms with van der Waals surface area (Å²) in [7, 11) is 0. The minimum Gasteiger partial charge on any atom is -0.395 e. The van der Waals surface area contributed by atoms with Gasteiger partial charge in [0.15, 0.2) is 5.82 Å². The van der Waals surface area contributed by atoms with Gasteiger partial charge in [0.1, 0.15) is 5.82 Å². The van der Waals surface area contributed by atoms with Crippen molar-refractivity contribution < 1.29 is 13.5 Å². The highest BCUT2D eigenvalue weighted by atomic mass is 19.1. The molecule has 90 valence electrons. The van der Waals surface area contributed by atoms with E-state index in [2.05, 4.69) is 5.32 Å². The molecule has 1 aromatic carbocycles. The molecule has 0 amide bonds. The third kappa shape index (κ3) is 3.66. The Kier molecular flexibility index (Phi) is 4.98. The van der Waals surface area contributed by atoms with E-state index in [4.69, 9.17) is 10.5 Å². The van der Waals surface area contributed by atoms with E-state index < -0.39 is 11.6 Å². The molecular formula is C11H16F2N2O. The number of benzene rings is 1. The zero-order valence-electron chi connectivity index (χ0n) is 9.22. The number of halogens is 2. The van der Waals surface area contributed by atoms with Crippen LogP contribution in [-0.2, 0) is 4.74 Å². The van der Waals surface area contributed by atoms with Gasteiger partial charge in [0, 0.05) is 25.8 Å². The van der Waals surface area contributed by atoms with Gasteiger partial charge in [-0.25, -0.2) is 8.78 Å². The van der Waals surface area contributed by atoms with Crippen molar-refractivity contribution in [3.05, 3.63) is 23.8 Å². The third-order valence-corrected chi connectivity index (χ3v) is 2.08. The summed E-state index contributed by atoms with van der Waals surface area (Å²) < 4.78 is 31.0. The SMILES string of the molecule is CCOCCCNc1cc(F)cc(F)c1N. The quantitative estimate of drug-likeness (QED) is 0.582. The fourth-order valence-corrected chi connectivity index (χ4v) is 1.27. The number of nitrogen functional groups attached to an aromatic ring is 1. The van der Waals surface area contributed by atoms with Crippen LogP contribution in [0.1, 0.15) is 13.3 Å². The summed E-state index contributed by atoms with van der Waals surface area (Å²) in [5.41, 5.74) is 5.69. The molecule has 0 aliphatic rings. The van der Waals surface area contributed by atoms with E-state index in [1.807, 2.05) is 6.92 Å². The van der Waals surface area contributed by atoms with E-state index in [0.29, 0.717) is 19.8 Å². The molecule has 0 saturated carbocycles. The summed E-state index contributed by atoms with van der Waals surface area (Å²) in [6.45, 7) is 3.75. The number of hydrogen-bond acceptors (Lipinski definition) is 3. The van der Waals surface area contributed by atoms with Gasteiger partial charge in [-0.15, -0.1) is 0 Å². The molecule has 0 saturated heterocycles. The van der Waals surface area contributed by atoms with Crippen molar-refractivity contribution in [1.82, 2.24) is 0 Å². The zero-order valence-corrected chi connectivity index (χ0v) is 9.22. The first kappa shape index (κ1) is 12.7. The predicted molar refractivity (Wildman–Crippen MR) is 60.4 cm³/mol. The zero-order chi connectivity index (χ0) is 12.0. The number of anilines is 2. The minimum atomic E-state index is -0.743. The Balaban J connectivity index is 2.47. The van der Waals surface area contributed by atoms with Gasteiger partial charge in [-0.05, 0) is 19.4 Å². The van der Waals surface area contributed by atoms with Gasteiger partial charge in [-0.1, -0.05) is 0 Å². The Morgan fingerprint density at radius 1 is 1.38 bits per heavy atom. The average Bonchev–Trinajstić information content (AvgIpc) is 2.24. The largest absolute Gasteiger partial charge is 0.395 e. The number of nitrogens with one attached hydrogen (secondary N) is 1. The predicted octanol–water partition coefficient (Wildman–Crippen LogP) is 2.39. The fraction of sp³-hybridized carbons (Fsp3) is 0.455. The second-order valence-corrected chi connectivity index (χ2v) is 3.33. The Bertz CT molecular complexity index is 345. The molecule has 0 aromatic heterocycles. The maximum atomic E-state index is 13.0. The fourth-order valence-electron chi connectivity index (χ4n) is 1.27. The summed E-state index contributed by atoms with van der Waals surface area (Å²) in [6.07, 6.45) is 0.755. The van der Waals surface area contributed by atoms with E-state index in [1.165, 1.54) is 6.07 Å². The number of hydrogen-bond donors (Lipinski definition) is 2. The van der Waals surface area contributed by atoms with Crippen LogP contribution in [0.5, 0.6) is 0 Å². The highest BCUT2D eigenvalue weighted by Crippen LogP contribution is 2.23. The molecule has 0 bridgehead atoms. The van der Waals surface area contributed by atoms with E-state index >= 15 is 0 Å². The van der Waals surface area contributed by atoms with Crippen LogP contribution in [0.2, 0.25) is 0 Å². The smallest absolute Gasteiger partial charge is 0.151 e. The average molecular weight is 230 g/mol.